The third kappa shape index (κ3) is 5.80. The maximum absolute atomic E-state index is 12.3. The highest BCUT2D eigenvalue weighted by Crippen LogP contribution is 2.25. The lowest BCUT2D eigenvalue weighted by Gasteiger charge is -2.27. The second-order valence-electron chi connectivity index (χ2n) is 8.05. The molecule has 4 nitrogen and oxygen atoms in total. The van der Waals surface area contributed by atoms with Crippen LogP contribution in [0.2, 0.25) is 0 Å². The van der Waals surface area contributed by atoms with Crippen LogP contribution in [0.4, 0.5) is 0 Å². The molecule has 4 rings (SSSR count). The fourth-order valence-corrected chi connectivity index (χ4v) is 4.04. The van der Waals surface area contributed by atoms with E-state index in [9.17, 15) is 4.79 Å². The Hall–Kier alpha value is -3.50. The number of benzene rings is 3. The van der Waals surface area contributed by atoms with Crippen LogP contribution in [0.5, 0.6) is 0 Å². The minimum absolute atomic E-state index is 0.0699. The Bertz CT molecular complexity index is 1100. The van der Waals surface area contributed by atoms with Gasteiger partial charge in [0.2, 0.25) is 0 Å². The molecular weight excluding hydrogens is 396 g/mol. The van der Waals surface area contributed by atoms with Crippen molar-refractivity contribution in [1.29, 1.82) is 0 Å². The first-order valence-corrected chi connectivity index (χ1v) is 10.9. The Balaban J connectivity index is 1.63. The van der Waals surface area contributed by atoms with Crippen molar-refractivity contribution in [2.24, 2.45) is 0 Å². The molecule has 1 aromatic heterocycles. The molecule has 1 atom stereocenters. The topological polar surface area (TPSA) is 42.4 Å². The number of pyridine rings is 1. The zero-order valence-electron chi connectivity index (χ0n) is 18.4. The number of fused-ring (bicyclic) bond motifs is 1. The van der Waals surface area contributed by atoms with E-state index in [0.717, 1.165) is 29.7 Å². The Morgan fingerprint density at radius 3 is 2.03 bits per heavy atom. The number of carbonyl (C=O) groups excluding carboxylic acids is 1. The van der Waals surface area contributed by atoms with Gasteiger partial charge < -0.3 is 4.74 Å². The molecule has 4 heteroatoms. The van der Waals surface area contributed by atoms with Crippen LogP contribution in [-0.2, 0) is 22.6 Å². The van der Waals surface area contributed by atoms with Crippen LogP contribution in [0, 0.1) is 0 Å². The Labute approximate surface area is 189 Å². The molecule has 1 heterocycles. The maximum Gasteiger partial charge on any atom is 0.306 e. The van der Waals surface area contributed by atoms with E-state index in [4.69, 9.17) is 9.72 Å². The smallest absolute Gasteiger partial charge is 0.306 e. The van der Waals surface area contributed by atoms with Crippen molar-refractivity contribution in [3.8, 4) is 0 Å². The van der Waals surface area contributed by atoms with Gasteiger partial charge in [-0.1, -0.05) is 84.9 Å². The molecule has 0 aliphatic heterocycles. The zero-order chi connectivity index (χ0) is 22.2. The van der Waals surface area contributed by atoms with Crippen molar-refractivity contribution in [1.82, 2.24) is 9.88 Å². The number of aromatic nitrogens is 1. The molecule has 0 bridgehead atoms. The molecule has 0 saturated heterocycles. The lowest BCUT2D eigenvalue weighted by atomic mass is 9.98. The molecule has 0 aliphatic rings. The maximum atomic E-state index is 12.3. The molecule has 0 spiro atoms. The van der Waals surface area contributed by atoms with Gasteiger partial charge in [0.1, 0.15) is 0 Å². The molecule has 4 aromatic rings. The van der Waals surface area contributed by atoms with E-state index in [-0.39, 0.29) is 11.9 Å². The van der Waals surface area contributed by atoms with Crippen molar-refractivity contribution in [3.63, 3.8) is 0 Å². The summed E-state index contributed by atoms with van der Waals surface area (Å²) < 4.78 is 5.02. The second-order valence-corrected chi connectivity index (χ2v) is 8.05. The fourth-order valence-electron chi connectivity index (χ4n) is 4.04. The van der Waals surface area contributed by atoms with Crippen LogP contribution >= 0.6 is 0 Å². The first-order valence-electron chi connectivity index (χ1n) is 10.9. The molecule has 0 amide bonds. The molecule has 1 unspecified atom stereocenters. The Kier molecular flexibility index (Phi) is 7.26. The zero-order valence-corrected chi connectivity index (χ0v) is 18.4. The van der Waals surface area contributed by atoms with Crippen LogP contribution < -0.4 is 0 Å². The normalized spacial score (nSPS) is 12.1. The number of hydrogen-bond donors (Lipinski definition) is 0. The Morgan fingerprint density at radius 1 is 0.812 bits per heavy atom. The molecule has 32 heavy (non-hydrogen) atoms. The van der Waals surface area contributed by atoms with E-state index in [2.05, 4.69) is 65.6 Å². The highest BCUT2D eigenvalue weighted by molar-refractivity contribution is 5.78. The molecular formula is C28H28N2O2. The molecule has 0 N–H and O–H groups in total. The number of methoxy groups -OCH3 is 1. The summed E-state index contributed by atoms with van der Waals surface area (Å²) in [5.41, 5.74) is 4.34. The first-order chi connectivity index (χ1) is 15.7. The van der Waals surface area contributed by atoms with Crippen molar-refractivity contribution >= 4 is 16.9 Å². The summed E-state index contributed by atoms with van der Waals surface area (Å²) in [6, 6.07) is 33.1. The number of para-hydroxylation sites is 1. The van der Waals surface area contributed by atoms with Crippen molar-refractivity contribution in [2.45, 2.75) is 25.4 Å². The molecule has 0 aliphatic carbocycles. The van der Waals surface area contributed by atoms with E-state index in [1.807, 2.05) is 36.4 Å². The van der Waals surface area contributed by atoms with Crippen LogP contribution in [-0.4, -0.2) is 29.5 Å². The van der Waals surface area contributed by atoms with E-state index in [1.165, 1.54) is 18.2 Å². The third-order valence-electron chi connectivity index (χ3n) is 5.66. The molecule has 162 valence electrons. The number of esters is 1. The van der Waals surface area contributed by atoms with Gasteiger partial charge in [-0.3, -0.25) is 14.7 Å². The largest absolute Gasteiger partial charge is 0.469 e. The average molecular weight is 425 g/mol. The van der Waals surface area contributed by atoms with Crippen molar-refractivity contribution < 1.29 is 9.53 Å². The SMILES string of the molecule is COC(=O)CC(CN(Cc1ccccc1)Cc1ccccc1)c1ccc2ccccc2n1. The molecule has 3 aromatic carbocycles. The average Bonchev–Trinajstić information content (AvgIpc) is 2.84. The van der Waals surface area contributed by atoms with Gasteiger partial charge in [0.15, 0.2) is 0 Å². The van der Waals surface area contributed by atoms with Gasteiger partial charge in [0.25, 0.3) is 0 Å². The predicted molar refractivity (Wildman–Crippen MR) is 128 cm³/mol. The summed E-state index contributed by atoms with van der Waals surface area (Å²) in [5, 5.41) is 1.10. The van der Waals surface area contributed by atoms with Crippen LogP contribution in [0.3, 0.4) is 0 Å². The lowest BCUT2D eigenvalue weighted by molar-refractivity contribution is -0.141. The summed E-state index contributed by atoms with van der Waals surface area (Å²) in [6.45, 7) is 2.28. The van der Waals surface area contributed by atoms with Crippen LogP contribution in [0.25, 0.3) is 10.9 Å². The third-order valence-corrected chi connectivity index (χ3v) is 5.66. The fraction of sp³-hybridized carbons (Fsp3) is 0.214. The second kappa shape index (κ2) is 10.7. The van der Waals surface area contributed by atoms with Crippen LogP contribution in [0.15, 0.2) is 97.1 Å². The highest BCUT2D eigenvalue weighted by Gasteiger charge is 2.22. The summed E-state index contributed by atoms with van der Waals surface area (Å²) in [5.74, 6) is -0.288. The van der Waals surface area contributed by atoms with Gasteiger partial charge in [-0.2, -0.15) is 0 Å². The summed E-state index contributed by atoms with van der Waals surface area (Å²) in [6.07, 6.45) is 0.294. The lowest BCUT2D eigenvalue weighted by Crippen LogP contribution is -2.29. The number of nitrogens with zero attached hydrogens (tertiary/aromatic N) is 2. The van der Waals surface area contributed by atoms with Crippen LogP contribution in [0.1, 0.15) is 29.2 Å². The highest BCUT2D eigenvalue weighted by atomic mass is 16.5. The van der Waals surface area contributed by atoms with Gasteiger partial charge in [-0.15, -0.1) is 0 Å². The van der Waals surface area contributed by atoms with Gasteiger partial charge in [-0.05, 0) is 23.3 Å². The predicted octanol–water partition coefficient (Wildman–Crippen LogP) is 5.58. The minimum Gasteiger partial charge on any atom is -0.469 e. The van der Waals surface area contributed by atoms with Crippen molar-refractivity contribution in [2.75, 3.05) is 13.7 Å². The van der Waals surface area contributed by atoms with E-state index >= 15 is 0 Å². The summed E-state index contributed by atoms with van der Waals surface area (Å²) >= 11 is 0. The molecule has 0 saturated carbocycles. The van der Waals surface area contributed by atoms with E-state index in [1.54, 1.807) is 0 Å². The first kappa shape index (κ1) is 21.7. The minimum atomic E-state index is -0.218. The number of rotatable bonds is 9. The summed E-state index contributed by atoms with van der Waals surface area (Å²) in [7, 11) is 1.44. The van der Waals surface area contributed by atoms with Gasteiger partial charge in [-0.25, -0.2) is 0 Å². The van der Waals surface area contributed by atoms with Gasteiger partial charge >= 0.3 is 5.97 Å². The number of ether oxygens (including phenoxy) is 1. The molecule has 0 radical (unpaired) electrons. The molecule has 0 fully saturated rings. The number of carbonyl (C=O) groups is 1. The number of hydrogen-bond acceptors (Lipinski definition) is 4. The monoisotopic (exact) mass is 424 g/mol. The van der Waals surface area contributed by atoms with E-state index < -0.39 is 0 Å². The van der Waals surface area contributed by atoms with Gasteiger partial charge in [0, 0.05) is 36.6 Å². The summed E-state index contributed by atoms with van der Waals surface area (Å²) in [4.78, 5) is 19.6. The quantitative estimate of drug-likeness (QED) is 0.329. The van der Waals surface area contributed by atoms with Gasteiger partial charge in [0.05, 0.1) is 19.0 Å². The van der Waals surface area contributed by atoms with E-state index in [0.29, 0.717) is 13.0 Å². The standard InChI is InChI=1S/C28H28N2O2/c1-32-28(31)18-25(27-17-16-24-14-8-9-15-26(24)29-27)21-30(19-22-10-4-2-5-11-22)20-23-12-6-3-7-13-23/h2-17,25H,18-21H2,1H3. The Morgan fingerprint density at radius 2 is 1.41 bits per heavy atom. The van der Waals surface area contributed by atoms with Crippen molar-refractivity contribution in [3.05, 3.63) is 114 Å².